The number of hydrogen-bond acceptors (Lipinski definition) is 3. The molecule has 188 valence electrons. The average molecular weight is 490 g/mol. The van der Waals surface area contributed by atoms with Crippen LogP contribution in [0.1, 0.15) is 64.2 Å². The standard InChI is InChI=1S/C19H24F10O3/c20-15(21)13(30,11-7-3-1-4-8-11)16(22,23)17(31,19(27,28)29)32-14(15,18(24,25)26)12-9-5-2-6-10-12/h11-12,30-31H,1-10H2. The molecule has 3 aliphatic rings. The second-order valence-corrected chi connectivity index (χ2v) is 9.06. The molecule has 2 N–H and O–H groups in total. The summed E-state index contributed by atoms with van der Waals surface area (Å²) < 4.78 is 150. The molecular formula is C19H24F10O3. The molecule has 3 rings (SSSR count). The summed E-state index contributed by atoms with van der Waals surface area (Å²) in [6, 6.07) is 0. The first-order valence-corrected chi connectivity index (χ1v) is 10.5. The molecule has 0 amide bonds. The molecule has 3 atom stereocenters. The maximum atomic E-state index is 15.8. The molecule has 1 aliphatic heterocycles. The second-order valence-electron chi connectivity index (χ2n) is 9.06. The zero-order valence-corrected chi connectivity index (χ0v) is 16.8. The van der Waals surface area contributed by atoms with Gasteiger partial charge in [-0.3, -0.25) is 0 Å². The molecule has 1 saturated heterocycles. The summed E-state index contributed by atoms with van der Waals surface area (Å²) >= 11 is 0. The highest BCUT2D eigenvalue weighted by atomic mass is 19.4. The summed E-state index contributed by atoms with van der Waals surface area (Å²) in [4.78, 5) is 0. The highest BCUT2D eigenvalue weighted by Gasteiger charge is 2.97. The minimum absolute atomic E-state index is 0.0626. The topological polar surface area (TPSA) is 49.7 Å². The summed E-state index contributed by atoms with van der Waals surface area (Å²) in [6.07, 6.45) is -15.4. The quantitative estimate of drug-likeness (QED) is 0.486. The molecule has 3 fully saturated rings. The monoisotopic (exact) mass is 490 g/mol. The van der Waals surface area contributed by atoms with Gasteiger partial charge in [0.25, 0.3) is 0 Å². The zero-order valence-electron chi connectivity index (χ0n) is 16.8. The smallest absolute Gasteiger partial charge is 0.378 e. The van der Waals surface area contributed by atoms with Crippen LogP contribution in [0.2, 0.25) is 0 Å². The lowest BCUT2D eigenvalue weighted by Gasteiger charge is -2.63. The number of halogens is 10. The Hall–Kier alpha value is -0.820. The van der Waals surface area contributed by atoms with E-state index < -0.39 is 78.7 Å². The van der Waals surface area contributed by atoms with Crippen molar-refractivity contribution in [1.29, 1.82) is 0 Å². The van der Waals surface area contributed by atoms with E-state index in [9.17, 15) is 36.6 Å². The predicted octanol–water partition coefficient (Wildman–Crippen LogP) is 5.73. The van der Waals surface area contributed by atoms with E-state index in [-0.39, 0.29) is 25.7 Å². The Balaban J connectivity index is 2.37. The van der Waals surface area contributed by atoms with Crippen molar-refractivity contribution in [3.05, 3.63) is 0 Å². The third kappa shape index (κ3) is 3.05. The first-order chi connectivity index (χ1) is 14.4. The number of hydrogen-bond donors (Lipinski definition) is 2. The predicted molar refractivity (Wildman–Crippen MR) is 88.9 cm³/mol. The van der Waals surface area contributed by atoms with Crippen LogP contribution in [0, 0.1) is 11.8 Å². The Labute approximate surface area is 177 Å². The van der Waals surface area contributed by atoms with Crippen molar-refractivity contribution in [2.45, 2.75) is 105 Å². The van der Waals surface area contributed by atoms with E-state index in [4.69, 9.17) is 0 Å². The highest BCUT2D eigenvalue weighted by Crippen LogP contribution is 2.70. The molecule has 0 bridgehead atoms. The molecular weight excluding hydrogens is 466 g/mol. The van der Waals surface area contributed by atoms with Gasteiger partial charge in [0.15, 0.2) is 0 Å². The molecule has 2 saturated carbocycles. The fourth-order valence-corrected chi connectivity index (χ4v) is 5.68. The van der Waals surface area contributed by atoms with Crippen LogP contribution in [0.5, 0.6) is 0 Å². The van der Waals surface area contributed by atoms with Gasteiger partial charge in [0.05, 0.1) is 0 Å². The van der Waals surface area contributed by atoms with Crippen LogP contribution in [0.3, 0.4) is 0 Å². The SMILES string of the molecule is OC1(C(F)(F)F)OC(C2CCCCC2)(C(F)(F)F)C(F)(F)C(O)(C2CCCCC2)C1(F)F. The molecule has 0 aromatic carbocycles. The minimum Gasteiger partial charge on any atom is -0.378 e. The van der Waals surface area contributed by atoms with Crippen molar-refractivity contribution in [3.63, 3.8) is 0 Å². The van der Waals surface area contributed by atoms with Gasteiger partial charge >= 0.3 is 30.0 Å². The minimum atomic E-state index is -6.62. The van der Waals surface area contributed by atoms with Crippen molar-refractivity contribution >= 4 is 0 Å². The molecule has 32 heavy (non-hydrogen) atoms. The van der Waals surface area contributed by atoms with Crippen LogP contribution in [0.4, 0.5) is 43.9 Å². The van der Waals surface area contributed by atoms with Gasteiger partial charge in [-0.05, 0) is 25.7 Å². The van der Waals surface area contributed by atoms with Crippen molar-refractivity contribution < 1.29 is 58.9 Å². The molecule has 0 aromatic rings. The van der Waals surface area contributed by atoms with E-state index in [1.807, 2.05) is 0 Å². The summed E-state index contributed by atoms with van der Waals surface area (Å²) in [5.41, 5.74) is -10.3. The Morgan fingerprint density at radius 1 is 0.594 bits per heavy atom. The Morgan fingerprint density at radius 3 is 1.38 bits per heavy atom. The van der Waals surface area contributed by atoms with Crippen LogP contribution in [-0.4, -0.2) is 51.4 Å². The van der Waals surface area contributed by atoms with Crippen molar-refractivity contribution in [3.8, 4) is 0 Å². The zero-order chi connectivity index (χ0) is 24.4. The van der Waals surface area contributed by atoms with Crippen molar-refractivity contribution in [2.24, 2.45) is 11.8 Å². The van der Waals surface area contributed by atoms with Crippen LogP contribution < -0.4 is 0 Å². The van der Waals surface area contributed by atoms with E-state index in [2.05, 4.69) is 4.74 Å². The first-order valence-electron chi connectivity index (χ1n) is 10.5. The average Bonchev–Trinajstić information content (AvgIpc) is 2.69. The van der Waals surface area contributed by atoms with E-state index in [0.29, 0.717) is 12.8 Å². The fraction of sp³-hybridized carbons (Fsp3) is 1.00. The van der Waals surface area contributed by atoms with Crippen LogP contribution in [0.25, 0.3) is 0 Å². The number of rotatable bonds is 2. The van der Waals surface area contributed by atoms with E-state index in [1.54, 1.807) is 0 Å². The van der Waals surface area contributed by atoms with E-state index in [1.165, 1.54) is 0 Å². The van der Waals surface area contributed by atoms with Gasteiger partial charge in [-0.2, -0.15) is 43.9 Å². The number of alkyl halides is 10. The second kappa shape index (κ2) is 7.59. The molecule has 1 heterocycles. The van der Waals surface area contributed by atoms with Crippen molar-refractivity contribution in [2.75, 3.05) is 0 Å². The Bertz CT molecular complexity index is 696. The molecule has 0 spiro atoms. The maximum absolute atomic E-state index is 15.8. The summed E-state index contributed by atoms with van der Waals surface area (Å²) in [6.45, 7) is 0. The molecule has 3 nitrogen and oxygen atoms in total. The lowest BCUT2D eigenvalue weighted by Crippen LogP contribution is -2.90. The van der Waals surface area contributed by atoms with Gasteiger partial charge < -0.3 is 14.9 Å². The fourth-order valence-electron chi connectivity index (χ4n) is 5.68. The molecule has 0 radical (unpaired) electrons. The lowest BCUT2D eigenvalue weighted by atomic mass is 9.58. The highest BCUT2D eigenvalue weighted by molar-refractivity contribution is 5.27. The van der Waals surface area contributed by atoms with Crippen LogP contribution >= 0.6 is 0 Å². The van der Waals surface area contributed by atoms with E-state index >= 15 is 17.6 Å². The molecule has 2 aliphatic carbocycles. The van der Waals surface area contributed by atoms with Gasteiger partial charge in [-0.1, -0.05) is 38.5 Å². The van der Waals surface area contributed by atoms with Gasteiger partial charge in [0, 0.05) is 11.8 Å². The normalized spacial score (nSPS) is 39.8. The molecule has 0 aromatic heterocycles. The van der Waals surface area contributed by atoms with Gasteiger partial charge in [-0.15, -0.1) is 0 Å². The largest absolute Gasteiger partial charge is 0.449 e. The number of aliphatic hydroxyl groups is 2. The first kappa shape index (κ1) is 25.8. The van der Waals surface area contributed by atoms with Gasteiger partial charge in [0.1, 0.15) is 0 Å². The van der Waals surface area contributed by atoms with E-state index in [0.717, 1.165) is 0 Å². The van der Waals surface area contributed by atoms with Crippen LogP contribution in [-0.2, 0) is 4.74 Å². The summed E-state index contributed by atoms with van der Waals surface area (Å²) in [7, 11) is 0. The molecule has 13 heteroatoms. The van der Waals surface area contributed by atoms with Gasteiger partial charge in [-0.25, -0.2) is 0 Å². The third-order valence-corrected chi connectivity index (χ3v) is 7.34. The van der Waals surface area contributed by atoms with Crippen molar-refractivity contribution in [1.82, 2.24) is 0 Å². The Kier molecular flexibility index (Phi) is 6.12. The van der Waals surface area contributed by atoms with Gasteiger partial charge in [0.2, 0.25) is 11.2 Å². The van der Waals surface area contributed by atoms with Crippen LogP contribution in [0.15, 0.2) is 0 Å². The summed E-state index contributed by atoms with van der Waals surface area (Å²) in [5, 5.41) is 20.7. The maximum Gasteiger partial charge on any atom is 0.449 e. The third-order valence-electron chi connectivity index (χ3n) is 7.34. The number of ether oxygens (including phenoxy) is 1. The molecule has 3 unspecified atom stereocenters. The lowest BCUT2D eigenvalue weighted by molar-refractivity contribution is -0.571. The summed E-state index contributed by atoms with van der Waals surface area (Å²) in [5.74, 6) is -22.8. The Morgan fingerprint density at radius 2 is 1.00 bits per heavy atom.